The van der Waals surface area contributed by atoms with Gasteiger partial charge in [0, 0.05) is 5.69 Å². The number of halogens is 4. The number of hydrogen-bond acceptors (Lipinski definition) is 3. The van der Waals surface area contributed by atoms with Crippen LogP contribution < -0.4 is 11.1 Å². The van der Waals surface area contributed by atoms with Gasteiger partial charge in [-0.05, 0) is 25.1 Å². The Morgan fingerprint density at radius 2 is 1.85 bits per heavy atom. The second kappa shape index (κ2) is 4.99. The predicted molar refractivity (Wildman–Crippen MR) is 60.4 cm³/mol. The number of rotatable bonds is 3. The van der Waals surface area contributed by atoms with Crippen LogP contribution in [0.5, 0.6) is 0 Å². The first kappa shape index (κ1) is 15.7. The zero-order chi connectivity index (χ0) is 15.7. The van der Waals surface area contributed by atoms with Crippen molar-refractivity contribution in [3.8, 4) is 0 Å². The van der Waals surface area contributed by atoms with Crippen LogP contribution in [0.15, 0.2) is 18.2 Å². The summed E-state index contributed by atoms with van der Waals surface area (Å²) in [6, 6.07) is 2.51. The molecule has 0 heterocycles. The standard InChI is InChI=1S/C11H10F4N2O3/c1-10(9(19)20,11(13,14)15)17-8(18)6-4-5(12)2-3-7(6)16/h2-4H,16H2,1H3,(H,17,18)(H,19,20). The second-order valence-corrected chi connectivity index (χ2v) is 4.11. The summed E-state index contributed by atoms with van der Waals surface area (Å²) in [7, 11) is 0. The number of benzene rings is 1. The Balaban J connectivity index is 3.16. The van der Waals surface area contributed by atoms with Crippen molar-refractivity contribution in [2.75, 3.05) is 5.73 Å². The van der Waals surface area contributed by atoms with Gasteiger partial charge in [0.25, 0.3) is 5.91 Å². The number of carboxylic acids is 1. The minimum atomic E-state index is -5.24. The number of nitrogens with two attached hydrogens (primary N) is 1. The molecule has 1 aromatic carbocycles. The average Bonchev–Trinajstić information content (AvgIpc) is 2.30. The number of amides is 1. The van der Waals surface area contributed by atoms with Crippen molar-refractivity contribution < 1.29 is 32.3 Å². The summed E-state index contributed by atoms with van der Waals surface area (Å²) in [6.45, 7) is 0.280. The van der Waals surface area contributed by atoms with Crippen LogP contribution in [-0.2, 0) is 4.79 Å². The van der Waals surface area contributed by atoms with Crippen molar-refractivity contribution in [2.45, 2.75) is 18.6 Å². The highest BCUT2D eigenvalue weighted by Crippen LogP contribution is 2.31. The van der Waals surface area contributed by atoms with E-state index in [2.05, 4.69) is 0 Å². The molecule has 20 heavy (non-hydrogen) atoms. The minimum absolute atomic E-state index is 0.279. The van der Waals surface area contributed by atoms with Crippen LogP contribution in [0.3, 0.4) is 0 Å². The maximum Gasteiger partial charge on any atom is 0.422 e. The van der Waals surface area contributed by atoms with E-state index < -0.39 is 35.0 Å². The highest BCUT2D eigenvalue weighted by atomic mass is 19.4. The third-order valence-electron chi connectivity index (χ3n) is 2.62. The van der Waals surface area contributed by atoms with Gasteiger partial charge in [-0.15, -0.1) is 0 Å². The molecular weight excluding hydrogens is 284 g/mol. The lowest BCUT2D eigenvalue weighted by Crippen LogP contribution is -2.61. The van der Waals surface area contributed by atoms with Crippen molar-refractivity contribution in [2.24, 2.45) is 0 Å². The molecule has 1 atom stereocenters. The van der Waals surface area contributed by atoms with Crippen molar-refractivity contribution in [1.29, 1.82) is 0 Å². The van der Waals surface area contributed by atoms with Crippen LogP contribution in [-0.4, -0.2) is 28.7 Å². The van der Waals surface area contributed by atoms with E-state index in [0.29, 0.717) is 6.07 Å². The van der Waals surface area contributed by atoms with Gasteiger partial charge >= 0.3 is 12.1 Å². The van der Waals surface area contributed by atoms with Gasteiger partial charge in [-0.3, -0.25) is 4.79 Å². The van der Waals surface area contributed by atoms with E-state index in [9.17, 15) is 27.2 Å². The molecule has 1 unspecified atom stereocenters. The van der Waals surface area contributed by atoms with Crippen LogP contribution in [0.25, 0.3) is 0 Å². The number of nitrogen functional groups attached to an aromatic ring is 1. The fourth-order valence-corrected chi connectivity index (χ4v) is 1.27. The number of aliphatic carboxylic acids is 1. The third-order valence-corrected chi connectivity index (χ3v) is 2.62. The zero-order valence-electron chi connectivity index (χ0n) is 10.1. The Bertz CT molecular complexity index is 559. The van der Waals surface area contributed by atoms with Crippen molar-refractivity contribution in [3.63, 3.8) is 0 Å². The molecule has 0 aromatic heterocycles. The van der Waals surface area contributed by atoms with Crippen LogP contribution in [0.1, 0.15) is 17.3 Å². The van der Waals surface area contributed by atoms with Gasteiger partial charge < -0.3 is 16.2 Å². The number of carbonyl (C=O) groups is 2. The number of alkyl halides is 3. The lowest BCUT2D eigenvalue weighted by molar-refractivity contribution is -0.203. The van der Waals surface area contributed by atoms with E-state index in [1.54, 1.807) is 0 Å². The van der Waals surface area contributed by atoms with Crippen LogP contribution in [0, 0.1) is 5.82 Å². The normalized spacial score (nSPS) is 14.4. The molecule has 0 bridgehead atoms. The van der Waals surface area contributed by atoms with Gasteiger partial charge in [0.05, 0.1) is 5.56 Å². The second-order valence-electron chi connectivity index (χ2n) is 4.11. The Hall–Kier alpha value is -2.32. The summed E-state index contributed by atoms with van der Waals surface area (Å²) in [5.74, 6) is -4.63. The highest BCUT2D eigenvalue weighted by Gasteiger charge is 2.58. The van der Waals surface area contributed by atoms with E-state index in [-0.39, 0.29) is 12.6 Å². The Labute approximate surface area is 110 Å². The molecule has 0 aliphatic heterocycles. The van der Waals surface area contributed by atoms with E-state index in [1.165, 1.54) is 5.32 Å². The molecule has 110 valence electrons. The fourth-order valence-electron chi connectivity index (χ4n) is 1.27. The molecule has 0 aliphatic rings. The van der Waals surface area contributed by atoms with Crippen molar-refractivity contribution in [3.05, 3.63) is 29.6 Å². The monoisotopic (exact) mass is 294 g/mol. The molecule has 0 fully saturated rings. The molecule has 9 heteroatoms. The summed E-state index contributed by atoms with van der Waals surface area (Å²) in [4.78, 5) is 22.4. The molecule has 0 saturated carbocycles. The smallest absolute Gasteiger partial charge is 0.422 e. The molecule has 0 radical (unpaired) electrons. The molecule has 0 spiro atoms. The van der Waals surface area contributed by atoms with Crippen molar-refractivity contribution >= 4 is 17.6 Å². The molecule has 1 rings (SSSR count). The van der Waals surface area contributed by atoms with Crippen LogP contribution in [0.2, 0.25) is 0 Å². The lowest BCUT2D eigenvalue weighted by Gasteiger charge is -2.28. The van der Waals surface area contributed by atoms with Gasteiger partial charge in [0.1, 0.15) is 5.82 Å². The third kappa shape index (κ3) is 2.81. The molecule has 0 saturated heterocycles. The van der Waals surface area contributed by atoms with Crippen molar-refractivity contribution in [1.82, 2.24) is 5.32 Å². The number of carbonyl (C=O) groups excluding carboxylic acids is 1. The molecule has 5 nitrogen and oxygen atoms in total. The zero-order valence-corrected chi connectivity index (χ0v) is 10.1. The lowest BCUT2D eigenvalue weighted by atomic mass is 10.0. The molecule has 4 N–H and O–H groups in total. The number of anilines is 1. The SMILES string of the molecule is CC(NC(=O)c1cc(F)ccc1N)(C(=O)O)C(F)(F)F. The van der Waals surface area contributed by atoms with Gasteiger partial charge in [0.15, 0.2) is 0 Å². The molecular formula is C11H10F4N2O3. The quantitative estimate of drug-likeness (QED) is 0.582. The maximum atomic E-state index is 13.0. The Morgan fingerprint density at radius 1 is 1.30 bits per heavy atom. The van der Waals surface area contributed by atoms with E-state index >= 15 is 0 Å². The topological polar surface area (TPSA) is 92.4 Å². The maximum absolute atomic E-state index is 13.0. The highest BCUT2D eigenvalue weighted by molar-refractivity contribution is 6.01. The van der Waals surface area contributed by atoms with Gasteiger partial charge in [-0.1, -0.05) is 0 Å². The fraction of sp³-hybridized carbons (Fsp3) is 0.273. The summed E-state index contributed by atoms with van der Waals surface area (Å²) in [5.41, 5.74) is 0.967. The first-order valence-electron chi connectivity index (χ1n) is 5.16. The van der Waals surface area contributed by atoms with Crippen LogP contribution in [0.4, 0.5) is 23.2 Å². The summed E-state index contributed by atoms with van der Waals surface area (Å²) in [6.07, 6.45) is -5.24. The number of hydrogen-bond donors (Lipinski definition) is 3. The summed E-state index contributed by atoms with van der Waals surface area (Å²) < 4.78 is 51.1. The summed E-state index contributed by atoms with van der Waals surface area (Å²) >= 11 is 0. The van der Waals surface area contributed by atoms with E-state index in [1.807, 2.05) is 0 Å². The first-order chi connectivity index (χ1) is 8.99. The van der Waals surface area contributed by atoms with Crippen LogP contribution >= 0.6 is 0 Å². The molecule has 1 amide bonds. The first-order valence-corrected chi connectivity index (χ1v) is 5.16. The van der Waals surface area contributed by atoms with Gasteiger partial charge in [-0.25, -0.2) is 9.18 Å². The summed E-state index contributed by atoms with van der Waals surface area (Å²) in [5, 5.41) is 9.95. The average molecular weight is 294 g/mol. The van der Waals surface area contributed by atoms with E-state index in [0.717, 1.165) is 12.1 Å². The largest absolute Gasteiger partial charge is 0.479 e. The van der Waals surface area contributed by atoms with Gasteiger partial charge in [0.2, 0.25) is 5.54 Å². The molecule has 1 aromatic rings. The van der Waals surface area contributed by atoms with E-state index in [4.69, 9.17) is 10.8 Å². The predicted octanol–water partition coefficient (Wildman–Crippen LogP) is 1.54. The minimum Gasteiger partial charge on any atom is -0.479 e. The number of carboxylic acid groups (broad SMARTS) is 1. The van der Waals surface area contributed by atoms with Gasteiger partial charge in [-0.2, -0.15) is 13.2 Å². The molecule has 0 aliphatic carbocycles. The number of nitrogens with one attached hydrogen (secondary N) is 1. The Kier molecular flexibility index (Phi) is 3.92. The Morgan fingerprint density at radius 3 is 2.30 bits per heavy atom.